The molecule has 0 unspecified atom stereocenters. The number of hydrogen-bond acceptors (Lipinski definition) is 2. The van der Waals surface area contributed by atoms with Gasteiger partial charge in [-0.25, -0.2) is 0 Å². The highest BCUT2D eigenvalue weighted by molar-refractivity contribution is 6.30. The molecule has 0 aliphatic carbocycles. The van der Waals surface area contributed by atoms with Crippen LogP contribution in [0, 0.1) is 0 Å². The maximum absolute atomic E-state index is 12.6. The average Bonchev–Trinajstić information content (AvgIpc) is 3.12. The summed E-state index contributed by atoms with van der Waals surface area (Å²) in [5, 5.41) is 10.4. The van der Waals surface area contributed by atoms with E-state index in [1.165, 1.54) is 0 Å². The normalized spacial score (nSPS) is 11.9. The summed E-state index contributed by atoms with van der Waals surface area (Å²) in [6.07, 6.45) is 4.32. The lowest BCUT2D eigenvalue weighted by molar-refractivity contribution is -0.117. The molecule has 1 atom stereocenters. The van der Waals surface area contributed by atoms with Crippen molar-refractivity contribution in [2.24, 2.45) is 0 Å². The Hall–Kier alpha value is -2.59. The molecule has 0 fully saturated rings. The van der Waals surface area contributed by atoms with E-state index >= 15 is 0 Å². The fraction of sp³-hybridized carbons (Fsp3) is 0.158. The zero-order valence-electron chi connectivity index (χ0n) is 13.3. The number of nitrogens with one attached hydrogen (secondary N) is 2. The van der Waals surface area contributed by atoms with Crippen molar-refractivity contribution in [2.75, 3.05) is 5.32 Å². The molecule has 0 saturated carbocycles. The number of aromatic nitrogens is 2. The van der Waals surface area contributed by atoms with E-state index in [1.807, 2.05) is 61.7 Å². The Kier molecular flexibility index (Phi) is 4.96. The topological polar surface area (TPSA) is 57.8 Å². The van der Waals surface area contributed by atoms with Gasteiger partial charge in [0.25, 0.3) is 0 Å². The molecule has 1 aromatic heterocycles. The number of nitrogens with zero attached hydrogens (tertiary/aromatic N) is 1. The first-order valence-corrected chi connectivity index (χ1v) is 8.20. The molecule has 2 N–H and O–H groups in total. The van der Waals surface area contributed by atoms with Gasteiger partial charge < -0.3 is 5.32 Å². The molecule has 122 valence electrons. The van der Waals surface area contributed by atoms with Crippen molar-refractivity contribution >= 4 is 23.2 Å². The van der Waals surface area contributed by atoms with Crippen molar-refractivity contribution in [3.63, 3.8) is 0 Å². The van der Waals surface area contributed by atoms with Gasteiger partial charge in [0.1, 0.15) is 0 Å². The standard InChI is InChI=1S/C19H18ClN3O/c1-2-18(14-3-7-16(20)8-4-14)19(24)23-17-9-5-13(6-10-17)15-11-21-22-12-15/h3-12,18H,2H2,1H3,(H,21,22)(H,23,24)/t18-/m0/s1. The summed E-state index contributed by atoms with van der Waals surface area (Å²) in [7, 11) is 0. The average molecular weight is 340 g/mol. The Bertz CT molecular complexity index is 796. The van der Waals surface area contributed by atoms with Gasteiger partial charge in [-0.1, -0.05) is 42.8 Å². The van der Waals surface area contributed by atoms with Crippen LogP contribution in [0.1, 0.15) is 24.8 Å². The van der Waals surface area contributed by atoms with Crippen LogP contribution >= 0.6 is 11.6 Å². The molecule has 0 spiro atoms. The molecule has 0 radical (unpaired) electrons. The monoisotopic (exact) mass is 339 g/mol. The van der Waals surface area contributed by atoms with Crippen LogP contribution in [0.2, 0.25) is 5.02 Å². The number of anilines is 1. The van der Waals surface area contributed by atoms with Crippen LogP contribution in [0.15, 0.2) is 60.9 Å². The summed E-state index contributed by atoms with van der Waals surface area (Å²) in [6.45, 7) is 2.00. The van der Waals surface area contributed by atoms with Gasteiger partial charge in [0, 0.05) is 22.5 Å². The third kappa shape index (κ3) is 3.66. The first kappa shape index (κ1) is 16.3. The summed E-state index contributed by atoms with van der Waals surface area (Å²) in [6, 6.07) is 15.1. The van der Waals surface area contributed by atoms with Crippen molar-refractivity contribution in [3.05, 3.63) is 71.5 Å². The first-order chi connectivity index (χ1) is 11.7. The molecule has 1 heterocycles. The van der Waals surface area contributed by atoms with Crippen LogP contribution < -0.4 is 5.32 Å². The maximum atomic E-state index is 12.6. The molecule has 2 aromatic carbocycles. The molecule has 1 amide bonds. The molecule has 3 aromatic rings. The number of carbonyl (C=O) groups excluding carboxylic acids is 1. The second-order valence-electron chi connectivity index (χ2n) is 5.57. The van der Waals surface area contributed by atoms with E-state index < -0.39 is 0 Å². The summed E-state index contributed by atoms with van der Waals surface area (Å²) in [5.74, 6) is -0.216. The fourth-order valence-electron chi connectivity index (χ4n) is 2.65. The largest absolute Gasteiger partial charge is 0.326 e. The lowest BCUT2D eigenvalue weighted by atomic mass is 9.95. The van der Waals surface area contributed by atoms with Crippen LogP contribution in [0.3, 0.4) is 0 Å². The van der Waals surface area contributed by atoms with Crippen LogP contribution in [-0.4, -0.2) is 16.1 Å². The molecule has 0 aliphatic rings. The van der Waals surface area contributed by atoms with Crippen LogP contribution in [0.5, 0.6) is 0 Å². The number of aromatic amines is 1. The smallest absolute Gasteiger partial charge is 0.231 e. The highest BCUT2D eigenvalue weighted by Crippen LogP contribution is 2.25. The molecule has 5 heteroatoms. The highest BCUT2D eigenvalue weighted by Gasteiger charge is 2.18. The Labute approximate surface area is 145 Å². The van der Waals surface area contributed by atoms with Gasteiger partial charge in [-0.2, -0.15) is 5.10 Å². The third-order valence-corrected chi connectivity index (χ3v) is 4.23. The molecule has 24 heavy (non-hydrogen) atoms. The Balaban J connectivity index is 1.72. The van der Waals surface area contributed by atoms with Crippen molar-refractivity contribution in [2.45, 2.75) is 19.3 Å². The summed E-state index contributed by atoms with van der Waals surface area (Å²) < 4.78 is 0. The lowest BCUT2D eigenvalue weighted by Gasteiger charge is -2.15. The number of rotatable bonds is 5. The van der Waals surface area contributed by atoms with E-state index in [9.17, 15) is 4.79 Å². The van der Waals surface area contributed by atoms with Gasteiger partial charge >= 0.3 is 0 Å². The van der Waals surface area contributed by atoms with Crippen molar-refractivity contribution in [1.82, 2.24) is 10.2 Å². The second kappa shape index (κ2) is 7.32. The van der Waals surface area contributed by atoms with Crippen LogP contribution in [-0.2, 0) is 4.79 Å². The summed E-state index contributed by atoms with van der Waals surface area (Å²) in [5.41, 5.74) is 3.81. The molecule has 0 aliphatic heterocycles. The predicted octanol–water partition coefficient (Wildman–Crippen LogP) is 4.86. The lowest BCUT2D eigenvalue weighted by Crippen LogP contribution is -2.20. The van der Waals surface area contributed by atoms with E-state index in [2.05, 4.69) is 15.5 Å². The quantitative estimate of drug-likeness (QED) is 0.697. The van der Waals surface area contributed by atoms with Gasteiger partial charge in [0.2, 0.25) is 5.91 Å². The van der Waals surface area contributed by atoms with Crippen LogP contribution in [0.4, 0.5) is 5.69 Å². The molecule has 0 saturated heterocycles. The number of amides is 1. The number of H-pyrrole nitrogens is 1. The predicted molar refractivity (Wildman–Crippen MR) is 97.1 cm³/mol. The Morgan fingerprint density at radius 1 is 1.12 bits per heavy atom. The third-order valence-electron chi connectivity index (χ3n) is 3.98. The van der Waals surface area contributed by atoms with Gasteiger partial charge in [0.05, 0.1) is 12.1 Å². The number of benzene rings is 2. The minimum atomic E-state index is -0.198. The van der Waals surface area contributed by atoms with E-state index in [0.29, 0.717) is 5.02 Å². The Morgan fingerprint density at radius 3 is 2.42 bits per heavy atom. The first-order valence-electron chi connectivity index (χ1n) is 7.83. The van der Waals surface area contributed by atoms with Gasteiger partial charge in [-0.15, -0.1) is 0 Å². The maximum Gasteiger partial charge on any atom is 0.231 e. The SMILES string of the molecule is CC[C@H](C(=O)Nc1ccc(-c2cn[nH]c2)cc1)c1ccc(Cl)cc1. The Morgan fingerprint density at radius 2 is 1.83 bits per heavy atom. The van der Waals surface area contributed by atoms with E-state index in [4.69, 9.17) is 11.6 Å². The number of carbonyl (C=O) groups is 1. The highest BCUT2D eigenvalue weighted by atomic mass is 35.5. The van der Waals surface area contributed by atoms with Gasteiger partial charge in [0.15, 0.2) is 0 Å². The van der Waals surface area contributed by atoms with Crippen molar-refractivity contribution in [3.8, 4) is 11.1 Å². The molecular formula is C19H18ClN3O. The minimum Gasteiger partial charge on any atom is -0.326 e. The zero-order chi connectivity index (χ0) is 16.9. The number of hydrogen-bond donors (Lipinski definition) is 2. The van der Waals surface area contributed by atoms with Gasteiger partial charge in [-0.3, -0.25) is 9.89 Å². The van der Waals surface area contributed by atoms with Gasteiger partial charge in [-0.05, 0) is 41.8 Å². The van der Waals surface area contributed by atoms with Crippen molar-refractivity contribution < 1.29 is 4.79 Å². The number of halogens is 1. The fourth-order valence-corrected chi connectivity index (χ4v) is 2.78. The summed E-state index contributed by atoms with van der Waals surface area (Å²) >= 11 is 5.92. The molecule has 3 rings (SSSR count). The summed E-state index contributed by atoms with van der Waals surface area (Å²) in [4.78, 5) is 12.6. The zero-order valence-corrected chi connectivity index (χ0v) is 14.0. The minimum absolute atomic E-state index is 0.0177. The molecule has 4 nitrogen and oxygen atoms in total. The van der Waals surface area contributed by atoms with E-state index in [0.717, 1.165) is 28.8 Å². The second-order valence-corrected chi connectivity index (χ2v) is 6.00. The van der Waals surface area contributed by atoms with Crippen molar-refractivity contribution in [1.29, 1.82) is 0 Å². The molecular weight excluding hydrogens is 322 g/mol. The van der Waals surface area contributed by atoms with E-state index in [-0.39, 0.29) is 11.8 Å². The van der Waals surface area contributed by atoms with E-state index in [1.54, 1.807) is 6.20 Å². The molecule has 0 bridgehead atoms. The van der Waals surface area contributed by atoms with Crippen LogP contribution in [0.25, 0.3) is 11.1 Å².